The molecule has 2 nitrogen and oxygen atoms in total. The van der Waals surface area contributed by atoms with Crippen LogP contribution >= 0.6 is 0 Å². The van der Waals surface area contributed by atoms with Crippen LogP contribution in [0, 0.1) is 66.1 Å². The molecule has 38 heavy (non-hydrogen) atoms. The number of hydrogen-bond donors (Lipinski definition) is 1. The Bertz CT molecular complexity index is 928. The van der Waals surface area contributed by atoms with Crippen molar-refractivity contribution in [1.29, 1.82) is 0 Å². The lowest BCUT2D eigenvalue weighted by atomic mass is 9.45. The molecular formula is C36H58O2. The van der Waals surface area contributed by atoms with Crippen molar-refractivity contribution < 1.29 is 9.90 Å². The van der Waals surface area contributed by atoms with E-state index in [0.29, 0.717) is 29.5 Å². The van der Waals surface area contributed by atoms with Gasteiger partial charge in [-0.25, -0.2) is 0 Å². The Hall–Kier alpha value is -1.15. The van der Waals surface area contributed by atoms with E-state index in [1.807, 2.05) is 0 Å². The zero-order valence-corrected chi connectivity index (χ0v) is 25.8. The highest BCUT2D eigenvalue weighted by molar-refractivity contribution is 5.96. The minimum absolute atomic E-state index is 0.155. The van der Waals surface area contributed by atoms with Crippen molar-refractivity contribution in [3.63, 3.8) is 0 Å². The molecule has 4 rings (SSSR count). The summed E-state index contributed by atoms with van der Waals surface area (Å²) in [7, 11) is 0. The Morgan fingerprint density at radius 2 is 1.63 bits per heavy atom. The second-order valence-corrected chi connectivity index (χ2v) is 15.0. The van der Waals surface area contributed by atoms with Gasteiger partial charge < -0.3 is 5.11 Å². The number of hydrogen-bond acceptors (Lipinski definition) is 2. The zero-order chi connectivity index (χ0) is 27.7. The summed E-state index contributed by atoms with van der Waals surface area (Å²) in [5.74, 6) is 5.65. The summed E-state index contributed by atoms with van der Waals surface area (Å²) in [6.07, 6.45) is 14.8. The molecule has 0 amide bonds. The number of aliphatic hydroxyl groups excluding tert-OH is 1. The minimum atomic E-state index is 0.155. The summed E-state index contributed by atoms with van der Waals surface area (Å²) in [5, 5.41) is 9.84. The average Bonchev–Trinajstić information content (AvgIpc) is 3.21. The lowest BCUT2D eigenvalue weighted by Gasteiger charge is -2.59. The molecule has 0 spiro atoms. The van der Waals surface area contributed by atoms with Crippen molar-refractivity contribution in [1.82, 2.24) is 0 Å². The predicted molar refractivity (Wildman–Crippen MR) is 160 cm³/mol. The Morgan fingerprint density at radius 1 is 0.921 bits per heavy atom. The van der Waals surface area contributed by atoms with E-state index in [4.69, 9.17) is 0 Å². The van der Waals surface area contributed by atoms with Crippen molar-refractivity contribution in [3.8, 4) is 0 Å². The first-order chi connectivity index (χ1) is 18.0. The summed E-state index contributed by atoms with van der Waals surface area (Å²) in [6.45, 7) is 16.9. The largest absolute Gasteiger partial charge is 0.396 e. The SMILES string of the molecule is Cc1cc(C)cc(C(=O)CC2CCC3C(CCC4(C)C(C(C)CCCC(C)C)CCC34)C2(C)CCCO)c1. The molecule has 3 fully saturated rings. The van der Waals surface area contributed by atoms with Gasteiger partial charge in [-0.2, -0.15) is 0 Å². The maximum atomic E-state index is 13.6. The number of fused-ring (bicyclic) bond motifs is 3. The number of carbonyl (C=O) groups excluding carboxylic acids is 1. The summed E-state index contributed by atoms with van der Waals surface area (Å²) >= 11 is 0. The molecule has 0 aromatic heterocycles. The van der Waals surface area contributed by atoms with E-state index < -0.39 is 0 Å². The van der Waals surface area contributed by atoms with Crippen LogP contribution in [0.1, 0.15) is 133 Å². The predicted octanol–water partition coefficient (Wildman–Crippen LogP) is 9.59. The van der Waals surface area contributed by atoms with Crippen LogP contribution in [0.2, 0.25) is 0 Å². The molecule has 214 valence electrons. The van der Waals surface area contributed by atoms with Gasteiger partial charge in [-0.15, -0.1) is 0 Å². The van der Waals surface area contributed by atoms with Crippen molar-refractivity contribution in [2.75, 3.05) is 6.61 Å². The van der Waals surface area contributed by atoms with E-state index in [-0.39, 0.29) is 12.0 Å². The number of Topliss-reactive ketones (excluding diaryl/α,β-unsaturated/α-hetero) is 1. The smallest absolute Gasteiger partial charge is 0.163 e. The third-order valence-corrected chi connectivity index (χ3v) is 12.1. The van der Waals surface area contributed by atoms with Gasteiger partial charge >= 0.3 is 0 Å². The fourth-order valence-electron chi connectivity index (χ4n) is 10.2. The summed E-state index contributed by atoms with van der Waals surface area (Å²) in [6, 6.07) is 6.32. The maximum Gasteiger partial charge on any atom is 0.163 e. The van der Waals surface area contributed by atoms with E-state index in [1.54, 1.807) is 0 Å². The van der Waals surface area contributed by atoms with Gasteiger partial charge in [0.1, 0.15) is 0 Å². The van der Waals surface area contributed by atoms with Crippen molar-refractivity contribution >= 4 is 5.78 Å². The lowest BCUT2D eigenvalue weighted by molar-refractivity contribution is -0.105. The normalized spacial score (nSPS) is 35.7. The Morgan fingerprint density at radius 3 is 2.29 bits per heavy atom. The topological polar surface area (TPSA) is 37.3 Å². The van der Waals surface area contributed by atoms with E-state index in [9.17, 15) is 9.90 Å². The molecule has 1 N–H and O–H groups in total. The highest BCUT2D eigenvalue weighted by Gasteiger charge is 2.59. The molecule has 8 unspecified atom stereocenters. The van der Waals surface area contributed by atoms with Gasteiger partial charge in [-0.3, -0.25) is 4.79 Å². The maximum absolute atomic E-state index is 13.6. The molecule has 0 bridgehead atoms. The summed E-state index contributed by atoms with van der Waals surface area (Å²) in [5.41, 5.74) is 3.91. The Kier molecular flexibility index (Phi) is 9.54. The minimum Gasteiger partial charge on any atom is -0.396 e. The van der Waals surface area contributed by atoms with Crippen LogP contribution in [0.25, 0.3) is 0 Å². The first-order valence-corrected chi connectivity index (χ1v) is 16.2. The highest BCUT2D eigenvalue weighted by Crippen LogP contribution is 2.67. The van der Waals surface area contributed by atoms with Crippen molar-refractivity contribution in [2.24, 2.45) is 52.3 Å². The first kappa shape index (κ1) is 29.8. The van der Waals surface area contributed by atoms with E-state index in [0.717, 1.165) is 48.0 Å². The van der Waals surface area contributed by atoms with Gasteiger partial charge in [-0.1, -0.05) is 71.1 Å². The number of carbonyl (C=O) groups is 1. The fourth-order valence-corrected chi connectivity index (χ4v) is 10.2. The average molecular weight is 523 g/mol. The molecule has 2 heteroatoms. The Balaban J connectivity index is 1.51. The van der Waals surface area contributed by atoms with Crippen LogP contribution in [0.3, 0.4) is 0 Å². The zero-order valence-electron chi connectivity index (χ0n) is 25.8. The van der Waals surface area contributed by atoms with Crippen LogP contribution in [-0.4, -0.2) is 17.5 Å². The molecule has 0 saturated heterocycles. The Labute approximate surface area is 234 Å². The standard InChI is InChI=1S/C36H58O2/c1-24(2)10-8-11-27(5)31-14-15-32-30-13-12-29(23-34(38)28-21-25(3)20-26(4)22-28)35(6,17-9-19-37)33(30)16-18-36(31,32)7/h20-22,24,27,29-33,37H,8-19,23H2,1-7H3. The second-order valence-electron chi connectivity index (χ2n) is 15.0. The molecule has 3 saturated carbocycles. The molecule has 8 atom stereocenters. The lowest BCUT2D eigenvalue weighted by Crippen LogP contribution is -2.52. The van der Waals surface area contributed by atoms with Crippen LogP contribution in [-0.2, 0) is 0 Å². The number of aliphatic hydroxyl groups is 1. The number of rotatable bonds is 11. The van der Waals surface area contributed by atoms with Crippen LogP contribution in [0.4, 0.5) is 0 Å². The van der Waals surface area contributed by atoms with E-state index >= 15 is 0 Å². The molecule has 0 heterocycles. The number of aryl methyl sites for hydroxylation is 2. The van der Waals surface area contributed by atoms with Crippen molar-refractivity contribution in [2.45, 2.75) is 126 Å². The van der Waals surface area contributed by atoms with Crippen LogP contribution < -0.4 is 0 Å². The monoisotopic (exact) mass is 522 g/mol. The number of ketones is 1. The van der Waals surface area contributed by atoms with Gasteiger partial charge in [0.05, 0.1) is 0 Å². The van der Waals surface area contributed by atoms with Crippen LogP contribution in [0.5, 0.6) is 0 Å². The molecule has 1 aromatic rings. The first-order valence-electron chi connectivity index (χ1n) is 16.2. The molecule has 1 aromatic carbocycles. The van der Waals surface area contributed by atoms with Crippen LogP contribution in [0.15, 0.2) is 18.2 Å². The second kappa shape index (κ2) is 12.2. The summed E-state index contributed by atoms with van der Waals surface area (Å²) in [4.78, 5) is 13.6. The molecule has 3 aliphatic carbocycles. The third kappa shape index (κ3) is 5.96. The van der Waals surface area contributed by atoms with Gasteiger partial charge in [-0.05, 0) is 130 Å². The quantitative estimate of drug-likeness (QED) is 0.294. The van der Waals surface area contributed by atoms with Gasteiger partial charge in [0.25, 0.3) is 0 Å². The van der Waals surface area contributed by atoms with Crippen molar-refractivity contribution in [3.05, 3.63) is 34.9 Å². The van der Waals surface area contributed by atoms with Gasteiger partial charge in [0, 0.05) is 18.6 Å². The highest BCUT2D eigenvalue weighted by atomic mass is 16.2. The molecule has 3 aliphatic rings. The summed E-state index contributed by atoms with van der Waals surface area (Å²) < 4.78 is 0. The third-order valence-electron chi connectivity index (χ3n) is 12.1. The van der Waals surface area contributed by atoms with Gasteiger partial charge in [0.15, 0.2) is 5.78 Å². The molecular weight excluding hydrogens is 464 g/mol. The number of benzene rings is 1. The molecule has 0 radical (unpaired) electrons. The van der Waals surface area contributed by atoms with E-state index in [1.165, 1.54) is 68.9 Å². The van der Waals surface area contributed by atoms with E-state index in [2.05, 4.69) is 66.7 Å². The molecule has 0 aliphatic heterocycles. The van der Waals surface area contributed by atoms with Gasteiger partial charge in [0.2, 0.25) is 0 Å². The fraction of sp³-hybridized carbons (Fsp3) is 0.806.